The molecule has 1 aliphatic rings. The van der Waals surface area contributed by atoms with Gasteiger partial charge >= 0.3 is 0 Å². The summed E-state index contributed by atoms with van der Waals surface area (Å²) in [5, 5.41) is 3.52. The molecule has 1 saturated carbocycles. The molecule has 0 saturated heterocycles. The molecule has 0 aromatic heterocycles. The van der Waals surface area contributed by atoms with Crippen molar-refractivity contribution >= 4 is 0 Å². The van der Waals surface area contributed by atoms with Gasteiger partial charge in [0.15, 0.2) is 0 Å². The van der Waals surface area contributed by atoms with Gasteiger partial charge in [-0.05, 0) is 37.3 Å². The quantitative estimate of drug-likeness (QED) is 0.656. The van der Waals surface area contributed by atoms with E-state index in [1.54, 1.807) is 0 Å². The number of nitrogens with one attached hydrogen (secondary N) is 1. The highest BCUT2D eigenvalue weighted by atomic mass is 14.9. The van der Waals surface area contributed by atoms with Crippen LogP contribution < -0.4 is 5.32 Å². The van der Waals surface area contributed by atoms with Crippen LogP contribution in [0.2, 0.25) is 0 Å². The standard InChI is InChI=1S/C10H21N/c1-8(2)6-11-7-10-5-4-9(10)3/h8-11H,4-7H2,1-3H3/t9?,10-/m1/s1. The van der Waals surface area contributed by atoms with Crippen molar-refractivity contribution in [3.05, 3.63) is 0 Å². The summed E-state index contributed by atoms with van der Waals surface area (Å²) < 4.78 is 0. The topological polar surface area (TPSA) is 12.0 Å². The molecule has 2 atom stereocenters. The highest BCUT2D eigenvalue weighted by Gasteiger charge is 2.25. The fourth-order valence-electron chi connectivity index (χ4n) is 1.60. The Balaban J connectivity index is 1.95. The predicted molar refractivity (Wildman–Crippen MR) is 49.6 cm³/mol. The fraction of sp³-hybridized carbons (Fsp3) is 1.00. The summed E-state index contributed by atoms with van der Waals surface area (Å²) in [7, 11) is 0. The van der Waals surface area contributed by atoms with Gasteiger partial charge in [-0.15, -0.1) is 0 Å². The van der Waals surface area contributed by atoms with Gasteiger partial charge in [-0.1, -0.05) is 27.2 Å². The molecule has 0 radical (unpaired) electrons. The first-order valence-electron chi connectivity index (χ1n) is 4.91. The van der Waals surface area contributed by atoms with E-state index in [1.807, 2.05) is 0 Å². The maximum atomic E-state index is 3.52. The van der Waals surface area contributed by atoms with Crippen LogP contribution in [0.25, 0.3) is 0 Å². The van der Waals surface area contributed by atoms with Crippen molar-refractivity contribution < 1.29 is 0 Å². The van der Waals surface area contributed by atoms with Crippen LogP contribution >= 0.6 is 0 Å². The summed E-state index contributed by atoms with van der Waals surface area (Å²) in [5.74, 6) is 2.76. The van der Waals surface area contributed by atoms with Crippen molar-refractivity contribution in [2.45, 2.75) is 33.6 Å². The Morgan fingerprint density at radius 2 is 2.09 bits per heavy atom. The van der Waals surface area contributed by atoms with E-state index in [4.69, 9.17) is 0 Å². The molecule has 0 amide bonds. The van der Waals surface area contributed by atoms with E-state index < -0.39 is 0 Å². The van der Waals surface area contributed by atoms with Crippen LogP contribution in [-0.2, 0) is 0 Å². The molecule has 0 bridgehead atoms. The first kappa shape index (κ1) is 9.05. The van der Waals surface area contributed by atoms with Crippen molar-refractivity contribution in [1.29, 1.82) is 0 Å². The lowest BCUT2D eigenvalue weighted by Crippen LogP contribution is -2.35. The Labute approximate surface area is 70.6 Å². The third-order valence-corrected chi connectivity index (χ3v) is 2.76. The molecule has 1 rings (SSSR count). The smallest absolute Gasteiger partial charge is 0.00179 e. The van der Waals surface area contributed by atoms with E-state index in [1.165, 1.54) is 25.9 Å². The molecule has 1 aliphatic carbocycles. The SMILES string of the molecule is CC(C)CNC[C@H]1CCC1C. The minimum Gasteiger partial charge on any atom is -0.316 e. The van der Waals surface area contributed by atoms with Gasteiger partial charge in [0.2, 0.25) is 0 Å². The number of rotatable bonds is 4. The first-order valence-corrected chi connectivity index (χ1v) is 4.91. The molecule has 1 heteroatoms. The number of hydrogen-bond donors (Lipinski definition) is 1. The van der Waals surface area contributed by atoms with E-state index in [-0.39, 0.29) is 0 Å². The predicted octanol–water partition coefficient (Wildman–Crippen LogP) is 2.28. The maximum absolute atomic E-state index is 3.52. The van der Waals surface area contributed by atoms with Gasteiger partial charge in [0, 0.05) is 0 Å². The van der Waals surface area contributed by atoms with E-state index >= 15 is 0 Å². The van der Waals surface area contributed by atoms with Gasteiger partial charge in [-0.2, -0.15) is 0 Å². The normalized spacial score (nSPS) is 30.5. The molecule has 66 valence electrons. The Hall–Kier alpha value is -0.0400. The minimum atomic E-state index is 0.797. The molecule has 11 heavy (non-hydrogen) atoms. The van der Waals surface area contributed by atoms with Crippen molar-refractivity contribution in [1.82, 2.24) is 5.32 Å². The van der Waals surface area contributed by atoms with Gasteiger partial charge in [-0.25, -0.2) is 0 Å². The highest BCUT2D eigenvalue weighted by molar-refractivity contribution is 4.78. The molecular formula is C10H21N. The molecule has 0 spiro atoms. The maximum Gasteiger partial charge on any atom is -0.00179 e. The number of hydrogen-bond acceptors (Lipinski definition) is 1. The van der Waals surface area contributed by atoms with Crippen LogP contribution in [0.1, 0.15) is 33.6 Å². The zero-order valence-corrected chi connectivity index (χ0v) is 8.06. The first-order chi connectivity index (χ1) is 5.20. The zero-order chi connectivity index (χ0) is 8.27. The fourth-order valence-corrected chi connectivity index (χ4v) is 1.60. The van der Waals surface area contributed by atoms with Crippen molar-refractivity contribution in [3.63, 3.8) is 0 Å². The molecular weight excluding hydrogens is 134 g/mol. The highest BCUT2D eigenvalue weighted by Crippen LogP contribution is 2.32. The summed E-state index contributed by atoms with van der Waals surface area (Å²) >= 11 is 0. The molecule has 0 heterocycles. The second-order valence-corrected chi connectivity index (χ2v) is 4.37. The van der Waals surface area contributed by atoms with Crippen LogP contribution in [0.15, 0.2) is 0 Å². The molecule has 0 aliphatic heterocycles. The molecule has 1 nitrogen and oxygen atoms in total. The Kier molecular flexibility index (Phi) is 3.38. The minimum absolute atomic E-state index is 0.797. The van der Waals surface area contributed by atoms with Gasteiger partial charge in [0.05, 0.1) is 0 Å². The summed E-state index contributed by atoms with van der Waals surface area (Å²) in [5.41, 5.74) is 0. The largest absolute Gasteiger partial charge is 0.316 e. The average molecular weight is 155 g/mol. The van der Waals surface area contributed by atoms with Crippen LogP contribution in [0.4, 0.5) is 0 Å². The second-order valence-electron chi connectivity index (χ2n) is 4.37. The average Bonchev–Trinajstić information content (AvgIpc) is 1.94. The van der Waals surface area contributed by atoms with Crippen LogP contribution in [0.5, 0.6) is 0 Å². The van der Waals surface area contributed by atoms with Gasteiger partial charge < -0.3 is 5.32 Å². The van der Waals surface area contributed by atoms with Crippen molar-refractivity contribution in [2.75, 3.05) is 13.1 Å². The van der Waals surface area contributed by atoms with Crippen LogP contribution in [-0.4, -0.2) is 13.1 Å². The molecule has 1 N–H and O–H groups in total. The van der Waals surface area contributed by atoms with E-state index in [0.29, 0.717) is 0 Å². The third kappa shape index (κ3) is 2.82. The lowest BCUT2D eigenvalue weighted by molar-refractivity contribution is 0.189. The van der Waals surface area contributed by atoms with E-state index in [9.17, 15) is 0 Å². The van der Waals surface area contributed by atoms with E-state index in [0.717, 1.165) is 17.8 Å². The van der Waals surface area contributed by atoms with Gasteiger partial charge in [-0.3, -0.25) is 0 Å². The van der Waals surface area contributed by atoms with Crippen LogP contribution in [0.3, 0.4) is 0 Å². The zero-order valence-electron chi connectivity index (χ0n) is 8.06. The van der Waals surface area contributed by atoms with Crippen molar-refractivity contribution in [2.24, 2.45) is 17.8 Å². The molecule has 1 fully saturated rings. The van der Waals surface area contributed by atoms with Gasteiger partial charge in [0.25, 0.3) is 0 Å². The summed E-state index contributed by atoms with van der Waals surface area (Å²) in [6.07, 6.45) is 2.90. The summed E-state index contributed by atoms with van der Waals surface area (Å²) in [6, 6.07) is 0. The Morgan fingerprint density at radius 3 is 2.45 bits per heavy atom. The Bertz CT molecular complexity index is 109. The Morgan fingerprint density at radius 1 is 1.36 bits per heavy atom. The van der Waals surface area contributed by atoms with Gasteiger partial charge in [0.1, 0.15) is 0 Å². The van der Waals surface area contributed by atoms with Crippen LogP contribution in [0, 0.1) is 17.8 Å². The molecule has 0 aromatic carbocycles. The summed E-state index contributed by atoms with van der Waals surface area (Å²) in [4.78, 5) is 0. The lowest BCUT2D eigenvalue weighted by atomic mass is 9.75. The summed E-state index contributed by atoms with van der Waals surface area (Å²) in [6.45, 7) is 9.32. The second kappa shape index (κ2) is 4.10. The van der Waals surface area contributed by atoms with Crippen molar-refractivity contribution in [3.8, 4) is 0 Å². The lowest BCUT2D eigenvalue weighted by Gasteiger charge is -2.34. The molecule has 1 unspecified atom stereocenters. The monoisotopic (exact) mass is 155 g/mol. The third-order valence-electron chi connectivity index (χ3n) is 2.76. The molecule has 0 aromatic rings. The van der Waals surface area contributed by atoms with E-state index in [2.05, 4.69) is 26.1 Å².